The molecule has 0 fully saturated rings. The van der Waals surface area contributed by atoms with E-state index in [0.29, 0.717) is 21.2 Å². The van der Waals surface area contributed by atoms with Crippen molar-refractivity contribution in [1.29, 1.82) is 0 Å². The Kier molecular flexibility index (Phi) is 6.03. The average molecular weight is 488 g/mol. The third kappa shape index (κ3) is 3.90. The van der Waals surface area contributed by atoms with Crippen molar-refractivity contribution < 1.29 is 17.9 Å². The van der Waals surface area contributed by atoms with E-state index < -0.39 is 15.9 Å². The Morgan fingerprint density at radius 1 is 0.844 bits per heavy atom. The van der Waals surface area contributed by atoms with Crippen LogP contribution in [0, 0.1) is 0 Å². The molecular weight excluding hydrogens is 469 g/mol. The molecule has 164 valence electrons. The van der Waals surface area contributed by atoms with Gasteiger partial charge in [0, 0.05) is 6.07 Å². The molecule has 1 amide bonds. The lowest BCUT2D eigenvalue weighted by molar-refractivity contribution is -0.112. The highest BCUT2D eigenvalue weighted by Crippen LogP contribution is 2.46. The van der Waals surface area contributed by atoms with Crippen molar-refractivity contribution in [1.82, 2.24) is 0 Å². The molecule has 32 heavy (non-hydrogen) atoms. The average Bonchev–Trinajstić information content (AvgIpc) is 2.96. The lowest BCUT2D eigenvalue weighted by atomic mass is 10.0. The van der Waals surface area contributed by atoms with Crippen molar-refractivity contribution >= 4 is 55.3 Å². The Balaban J connectivity index is 1.93. The number of benzene rings is 3. The Morgan fingerprint density at radius 2 is 1.41 bits per heavy atom. The highest BCUT2D eigenvalue weighted by molar-refractivity contribution is 8.03. The number of sulfonamides is 1. The van der Waals surface area contributed by atoms with Gasteiger partial charge in [0.25, 0.3) is 15.9 Å². The number of amides is 1. The van der Waals surface area contributed by atoms with Gasteiger partial charge in [-0.3, -0.25) is 4.79 Å². The summed E-state index contributed by atoms with van der Waals surface area (Å²) in [5, 5.41) is 0.180. The zero-order chi connectivity index (χ0) is 23.0. The van der Waals surface area contributed by atoms with Crippen molar-refractivity contribution in [2.75, 3.05) is 4.31 Å². The Hall–Kier alpha value is -2.80. The summed E-state index contributed by atoms with van der Waals surface area (Å²) in [7, 11) is -4.28. The molecule has 0 aliphatic carbocycles. The maximum atomic E-state index is 13.7. The van der Waals surface area contributed by atoms with Crippen LogP contribution in [0.3, 0.4) is 0 Å². The molecule has 0 spiro atoms. The number of anilines is 1. The van der Waals surface area contributed by atoms with Gasteiger partial charge >= 0.3 is 0 Å². The summed E-state index contributed by atoms with van der Waals surface area (Å²) in [5.41, 5.74) is 0.942. The number of carbonyl (C=O) groups is 1. The highest BCUT2D eigenvalue weighted by atomic mass is 35.5. The number of carbonyl (C=O) groups excluding carboxylic acids is 1. The molecule has 0 unspecified atom stereocenters. The van der Waals surface area contributed by atoms with Gasteiger partial charge in [-0.25, -0.2) is 8.42 Å². The van der Waals surface area contributed by atoms with Crippen LogP contribution in [0.4, 0.5) is 5.69 Å². The molecular formula is C24H19Cl2NO4S. The maximum Gasteiger partial charge on any atom is 0.274 e. The second-order valence-electron chi connectivity index (χ2n) is 7.41. The summed E-state index contributed by atoms with van der Waals surface area (Å²) in [5.74, 6) is -0.399. The minimum absolute atomic E-state index is 0.0304. The minimum Gasteiger partial charge on any atom is -0.489 e. The third-order valence-corrected chi connectivity index (χ3v) is 7.20. The number of hydrogen-bond donors (Lipinski definition) is 0. The molecule has 0 atom stereocenters. The Labute approximate surface area is 196 Å². The van der Waals surface area contributed by atoms with Crippen LogP contribution in [0.5, 0.6) is 5.75 Å². The van der Waals surface area contributed by atoms with Gasteiger partial charge in [-0.2, -0.15) is 4.31 Å². The minimum atomic E-state index is -4.28. The molecule has 4 rings (SSSR count). The summed E-state index contributed by atoms with van der Waals surface area (Å²) in [6.45, 7) is 3.66. The van der Waals surface area contributed by atoms with E-state index in [0.717, 1.165) is 0 Å². The zero-order valence-electron chi connectivity index (χ0n) is 17.2. The van der Waals surface area contributed by atoms with Crippen LogP contribution in [0.25, 0.3) is 10.5 Å². The first-order valence-corrected chi connectivity index (χ1v) is 12.0. The third-order valence-electron chi connectivity index (χ3n) is 4.80. The van der Waals surface area contributed by atoms with E-state index in [9.17, 15) is 13.2 Å². The summed E-state index contributed by atoms with van der Waals surface area (Å²) >= 11 is 12.8. The lowest BCUT2D eigenvalue weighted by Crippen LogP contribution is -2.31. The van der Waals surface area contributed by atoms with Crippen molar-refractivity contribution in [3.05, 3.63) is 94.0 Å². The predicted molar refractivity (Wildman–Crippen MR) is 128 cm³/mol. The topological polar surface area (TPSA) is 63.7 Å². The van der Waals surface area contributed by atoms with Gasteiger partial charge in [0.2, 0.25) is 0 Å². The van der Waals surface area contributed by atoms with Crippen LogP contribution in [0.15, 0.2) is 72.8 Å². The molecule has 0 N–H and O–H groups in total. The van der Waals surface area contributed by atoms with Gasteiger partial charge in [-0.15, -0.1) is 0 Å². The van der Waals surface area contributed by atoms with Crippen LogP contribution in [0.1, 0.15) is 25.0 Å². The smallest absolute Gasteiger partial charge is 0.274 e. The van der Waals surface area contributed by atoms with Gasteiger partial charge in [-0.05, 0) is 31.0 Å². The molecule has 0 saturated heterocycles. The molecule has 0 radical (unpaired) electrons. The van der Waals surface area contributed by atoms with E-state index in [1.807, 2.05) is 13.8 Å². The Bertz CT molecular complexity index is 1320. The zero-order valence-corrected chi connectivity index (χ0v) is 19.6. The van der Waals surface area contributed by atoms with E-state index in [-0.39, 0.29) is 32.3 Å². The standard InChI is InChI=1S/C24H19Cl2NO4S/c1-15(2)31-21-14-18(25)20(13-19(21)26)27-24(28)22(16-9-5-3-6-10-16)23(32(27,29)30)17-11-7-4-8-12-17/h3-15H,1-2H3. The lowest BCUT2D eigenvalue weighted by Gasteiger charge is -2.20. The Morgan fingerprint density at radius 3 is 1.97 bits per heavy atom. The molecule has 3 aromatic rings. The maximum absolute atomic E-state index is 13.7. The first-order valence-electron chi connectivity index (χ1n) is 9.82. The number of rotatable bonds is 5. The van der Waals surface area contributed by atoms with E-state index in [1.54, 1.807) is 60.7 Å². The van der Waals surface area contributed by atoms with Gasteiger partial charge in [0.15, 0.2) is 0 Å². The van der Waals surface area contributed by atoms with Crippen LogP contribution >= 0.6 is 23.2 Å². The number of ether oxygens (including phenoxy) is 1. The monoisotopic (exact) mass is 487 g/mol. The summed E-state index contributed by atoms with van der Waals surface area (Å²) in [6, 6.07) is 20.0. The predicted octanol–water partition coefficient (Wildman–Crippen LogP) is 6.03. The van der Waals surface area contributed by atoms with Crippen LogP contribution in [-0.2, 0) is 14.8 Å². The fraction of sp³-hybridized carbons (Fsp3) is 0.125. The fourth-order valence-electron chi connectivity index (χ4n) is 3.53. The molecule has 8 heteroatoms. The molecule has 3 aromatic carbocycles. The summed E-state index contributed by atoms with van der Waals surface area (Å²) < 4.78 is 33.8. The first-order chi connectivity index (χ1) is 15.2. The second-order valence-corrected chi connectivity index (χ2v) is 9.95. The SMILES string of the molecule is CC(C)Oc1cc(Cl)c(N2C(=O)C(c3ccccc3)=C(c3ccccc3)S2(=O)=O)cc1Cl. The van der Waals surface area contributed by atoms with Crippen molar-refractivity contribution in [3.8, 4) is 5.75 Å². The molecule has 5 nitrogen and oxygen atoms in total. The fourth-order valence-corrected chi connectivity index (χ4v) is 5.82. The quantitative estimate of drug-likeness (QED) is 0.440. The van der Waals surface area contributed by atoms with Crippen LogP contribution < -0.4 is 9.04 Å². The molecule has 1 heterocycles. The van der Waals surface area contributed by atoms with Crippen molar-refractivity contribution in [2.45, 2.75) is 20.0 Å². The molecule has 1 aliphatic heterocycles. The number of hydrogen-bond acceptors (Lipinski definition) is 4. The molecule has 0 saturated carbocycles. The molecule has 1 aliphatic rings. The van der Waals surface area contributed by atoms with E-state index in [2.05, 4.69) is 0 Å². The van der Waals surface area contributed by atoms with Crippen LogP contribution in [0.2, 0.25) is 10.0 Å². The highest BCUT2D eigenvalue weighted by Gasteiger charge is 2.46. The van der Waals surface area contributed by atoms with Gasteiger partial charge in [0.05, 0.1) is 27.4 Å². The number of nitrogens with zero attached hydrogens (tertiary/aromatic N) is 1. The molecule has 0 aromatic heterocycles. The molecule has 0 bridgehead atoms. The van der Waals surface area contributed by atoms with E-state index in [4.69, 9.17) is 27.9 Å². The normalized spacial score (nSPS) is 15.5. The largest absolute Gasteiger partial charge is 0.489 e. The second kappa shape index (κ2) is 8.62. The van der Waals surface area contributed by atoms with Crippen molar-refractivity contribution in [3.63, 3.8) is 0 Å². The van der Waals surface area contributed by atoms with Crippen molar-refractivity contribution in [2.24, 2.45) is 0 Å². The van der Waals surface area contributed by atoms with E-state index >= 15 is 0 Å². The number of halogens is 2. The van der Waals surface area contributed by atoms with Gasteiger partial charge in [0.1, 0.15) is 10.7 Å². The van der Waals surface area contributed by atoms with E-state index in [1.165, 1.54) is 12.1 Å². The summed E-state index contributed by atoms with van der Waals surface area (Å²) in [6.07, 6.45) is -0.164. The van der Waals surface area contributed by atoms with Gasteiger partial charge < -0.3 is 4.74 Å². The summed E-state index contributed by atoms with van der Waals surface area (Å²) in [4.78, 5) is 13.5. The van der Waals surface area contributed by atoms with Gasteiger partial charge in [-0.1, -0.05) is 83.9 Å². The first kappa shape index (κ1) is 22.4. The van der Waals surface area contributed by atoms with Crippen LogP contribution in [-0.4, -0.2) is 20.4 Å².